The number of halogens is 1. The molecule has 1 heterocycles. The molecule has 2 aromatic carbocycles. The van der Waals surface area contributed by atoms with Crippen LogP contribution in [0.1, 0.15) is 12.5 Å². The Morgan fingerprint density at radius 3 is 2.79 bits per heavy atom. The number of phenols is 1. The fourth-order valence-corrected chi connectivity index (χ4v) is 2.53. The minimum atomic E-state index is 0.115. The molecule has 122 valence electrons. The largest absolute Gasteiger partial charge is 0.507 e. The van der Waals surface area contributed by atoms with Crippen molar-refractivity contribution in [2.24, 2.45) is 5.10 Å². The van der Waals surface area contributed by atoms with E-state index in [1.165, 1.54) is 0 Å². The van der Waals surface area contributed by atoms with E-state index in [1.807, 2.05) is 25.1 Å². The normalized spacial score (nSPS) is 11.5. The smallest absolute Gasteiger partial charge is 0.128 e. The highest BCUT2D eigenvalue weighted by Crippen LogP contribution is 2.26. The van der Waals surface area contributed by atoms with Gasteiger partial charge in [0.1, 0.15) is 11.5 Å². The van der Waals surface area contributed by atoms with Gasteiger partial charge in [-0.1, -0.05) is 11.6 Å². The van der Waals surface area contributed by atoms with Crippen molar-refractivity contribution in [1.82, 2.24) is 4.98 Å². The third kappa shape index (κ3) is 3.26. The van der Waals surface area contributed by atoms with Crippen LogP contribution in [0.2, 0.25) is 5.02 Å². The summed E-state index contributed by atoms with van der Waals surface area (Å²) in [5.74, 6) is 0.706. The number of nitrogens with one attached hydrogen (secondary N) is 1. The summed E-state index contributed by atoms with van der Waals surface area (Å²) in [5.41, 5.74) is 5.89. The summed E-state index contributed by atoms with van der Waals surface area (Å²) < 4.78 is 5.08. The maximum absolute atomic E-state index is 10.1. The van der Waals surface area contributed by atoms with Crippen LogP contribution in [-0.4, -0.2) is 22.9 Å². The number of methoxy groups -OCH3 is 1. The minimum absolute atomic E-state index is 0.115. The Kier molecular flexibility index (Phi) is 4.53. The van der Waals surface area contributed by atoms with Gasteiger partial charge in [-0.25, -0.2) is 0 Å². The first-order valence-corrected chi connectivity index (χ1v) is 7.68. The SMILES string of the molecule is COc1ccc(C(C)=NNc2ccnc3cc(Cl)ccc23)c(O)c1. The van der Waals surface area contributed by atoms with E-state index < -0.39 is 0 Å². The summed E-state index contributed by atoms with van der Waals surface area (Å²) in [6.07, 6.45) is 1.69. The van der Waals surface area contributed by atoms with Crippen molar-refractivity contribution < 1.29 is 9.84 Å². The molecule has 0 radical (unpaired) electrons. The van der Waals surface area contributed by atoms with Crippen LogP contribution >= 0.6 is 11.6 Å². The number of pyridine rings is 1. The van der Waals surface area contributed by atoms with Gasteiger partial charge >= 0.3 is 0 Å². The van der Waals surface area contributed by atoms with E-state index in [0.29, 0.717) is 22.0 Å². The summed E-state index contributed by atoms with van der Waals surface area (Å²) in [4.78, 5) is 4.29. The van der Waals surface area contributed by atoms with E-state index in [2.05, 4.69) is 15.5 Å². The molecule has 24 heavy (non-hydrogen) atoms. The first kappa shape index (κ1) is 16.1. The molecule has 0 unspecified atom stereocenters. The number of aromatic nitrogens is 1. The topological polar surface area (TPSA) is 66.7 Å². The first-order chi connectivity index (χ1) is 11.6. The molecule has 3 aromatic rings. The molecular formula is C18H16ClN3O2. The lowest BCUT2D eigenvalue weighted by Crippen LogP contribution is -2.01. The lowest BCUT2D eigenvalue weighted by Gasteiger charge is -2.09. The third-order valence-corrected chi connectivity index (χ3v) is 3.88. The second-order valence-electron chi connectivity index (χ2n) is 5.21. The second-order valence-corrected chi connectivity index (χ2v) is 5.65. The maximum Gasteiger partial charge on any atom is 0.128 e. The molecule has 0 bridgehead atoms. The van der Waals surface area contributed by atoms with Gasteiger partial charge in [-0.3, -0.25) is 10.4 Å². The molecule has 3 rings (SSSR count). The van der Waals surface area contributed by atoms with Gasteiger partial charge in [0.25, 0.3) is 0 Å². The van der Waals surface area contributed by atoms with Crippen LogP contribution in [0.4, 0.5) is 5.69 Å². The van der Waals surface area contributed by atoms with Crippen LogP contribution in [-0.2, 0) is 0 Å². The maximum atomic E-state index is 10.1. The molecule has 0 spiro atoms. The molecule has 0 aliphatic rings. The summed E-state index contributed by atoms with van der Waals surface area (Å²) in [6, 6.07) is 12.4. The molecule has 0 atom stereocenters. The van der Waals surface area contributed by atoms with Crippen molar-refractivity contribution in [1.29, 1.82) is 0 Å². The highest BCUT2D eigenvalue weighted by Gasteiger charge is 2.07. The number of rotatable bonds is 4. The van der Waals surface area contributed by atoms with Crippen LogP contribution in [0.3, 0.4) is 0 Å². The molecule has 6 heteroatoms. The van der Waals surface area contributed by atoms with Gasteiger partial charge in [0.2, 0.25) is 0 Å². The van der Waals surface area contributed by atoms with Gasteiger partial charge in [-0.15, -0.1) is 0 Å². The van der Waals surface area contributed by atoms with Crippen molar-refractivity contribution >= 4 is 33.9 Å². The number of hydrogen-bond acceptors (Lipinski definition) is 5. The van der Waals surface area contributed by atoms with E-state index in [-0.39, 0.29) is 5.75 Å². The summed E-state index contributed by atoms with van der Waals surface area (Å²) >= 11 is 5.99. The Bertz CT molecular complexity index is 925. The monoisotopic (exact) mass is 341 g/mol. The number of nitrogens with zero attached hydrogens (tertiary/aromatic N) is 2. The van der Waals surface area contributed by atoms with Crippen molar-refractivity contribution in [3.05, 3.63) is 59.2 Å². The molecule has 0 saturated heterocycles. The number of ether oxygens (including phenoxy) is 1. The van der Waals surface area contributed by atoms with Crippen LogP contribution in [0.5, 0.6) is 11.5 Å². The van der Waals surface area contributed by atoms with E-state index in [9.17, 15) is 5.11 Å². The number of anilines is 1. The summed E-state index contributed by atoms with van der Waals surface area (Å²) in [5, 5.41) is 16.0. The van der Waals surface area contributed by atoms with E-state index in [1.54, 1.807) is 37.6 Å². The average molecular weight is 342 g/mol. The van der Waals surface area contributed by atoms with Crippen LogP contribution in [0, 0.1) is 0 Å². The zero-order valence-corrected chi connectivity index (χ0v) is 14.0. The summed E-state index contributed by atoms with van der Waals surface area (Å²) in [6.45, 7) is 1.81. The Morgan fingerprint density at radius 2 is 2.04 bits per heavy atom. The number of phenolic OH excluding ortho intramolecular Hbond substituents is 1. The highest BCUT2D eigenvalue weighted by molar-refractivity contribution is 6.31. The number of aromatic hydroxyl groups is 1. The fraction of sp³-hybridized carbons (Fsp3) is 0.111. The Morgan fingerprint density at radius 1 is 1.21 bits per heavy atom. The number of hydrogen-bond donors (Lipinski definition) is 2. The van der Waals surface area contributed by atoms with Crippen LogP contribution in [0.25, 0.3) is 10.9 Å². The number of hydrazone groups is 1. The van der Waals surface area contributed by atoms with Crippen molar-refractivity contribution in [3.8, 4) is 11.5 Å². The Labute approximate surface area is 144 Å². The fourth-order valence-electron chi connectivity index (χ4n) is 2.37. The highest BCUT2D eigenvalue weighted by atomic mass is 35.5. The zero-order chi connectivity index (χ0) is 17.1. The molecule has 0 aliphatic heterocycles. The molecule has 1 aromatic heterocycles. The van der Waals surface area contributed by atoms with Crippen molar-refractivity contribution in [2.45, 2.75) is 6.92 Å². The predicted molar refractivity (Wildman–Crippen MR) is 97.2 cm³/mol. The van der Waals surface area contributed by atoms with Gasteiger partial charge in [0.15, 0.2) is 0 Å². The average Bonchev–Trinajstić information content (AvgIpc) is 2.59. The third-order valence-electron chi connectivity index (χ3n) is 3.64. The summed E-state index contributed by atoms with van der Waals surface area (Å²) in [7, 11) is 1.55. The lowest BCUT2D eigenvalue weighted by atomic mass is 10.1. The van der Waals surface area contributed by atoms with E-state index >= 15 is 0 Å². The Hall–Kier alpha value is -2.79. The van der Waals surface area contributed by atoms with Crippen molar-refractivity contribution in [2.75, 3.05) is 12.5 Å². The predicted octanol–water partition coefficient (Wildman–Crippen LogP) is 4.44. The molecular weight excluding hydrogens is 326 g/mol. The second kappa shape index (κ2) is 6.76. The van der Waals surface area contributed by atoms with Gasteiger partial charge in [-0.2, -0.15) is 5.10 Å². The number of benzene rings is 2. The van der Waals surface area contributed by atoms with Gasteiger partial charge in [0, 0.05) is 28.2 Å². The Balaban J connectivity index is 1.90. The molecule has 0 fully saturated rings. The quantitative estimate of drug-likeness (QED) is 0.544. The number of fused-ring (bicyclic) bond motifs is 1. The van der Waals surface area contributed by atoms with Gasteiger partial charge in [-0.05, 0) is 43.3 Å². The zero-order valence-electron chi connectivity index (χ0n) is 13.2. The van der Waals surface area contributed by atoms with Crippen LogP contribution < -0.4 is 10.2 Å². The van der Waals surface area contributed by atoms with E-state index in [4.69, 9.17) is 16.3 Å². The first-order valence-electron chi connectivity index (χ1n) is 7.30. The molecule has 2 N–H and O–H groups in total. The van der Waals surface area contributed by atoms with Gasteiger partial charge in [0.05, 0.1) is 24.0 Å². The standard InChI is InChI=1S/C18H16ClN3O2/c1-11(14-6-4-13(24-2)10-18(14)23)21-22-16-7-8-20-17-9-12(19)3-5-15(16)17/h3-10,23H,1-2H3,(H,20,22). The van der Waals surface area contributed by atoms with E-state index in [0.717, 1.165) is 16.6 Å². The van der Waals surface area contributed by atoms with Gasteiger partial charge < -0.3 is 9.84 Å². The van der Waals surface area contributed by atoms with Crippen LogP contribution in [0.15, 0.2) is 53.8 Å². The molecule has 0 amide bonds. The molecule has 0 saturated carbocycles. The van der Waals surface area contributed by atoms with Crippen molar-refractivity contribution in [3.63, 3.8) is 0 Å². The molecule has 0 aliphatic carbocycles. The lowest BCUT2D eigenvalue weighted by molar-refractivity contribution is 0.407. The molecule has 5 nitrogen and oxygen atoms in total. The minimum Gasteiger partial charge on any atom is -0.507 e.